The summed E-state index contributed by atoms with van der Waals surface area (Å²) in [5.41, 5.74) is 1.10. The first kappa shape index (κ1) is 15.0. The molecule has 1 aliphatic heterocycles. The first-order valence-corrected chi connectivity index (χ1v) is 8.54. The van der Waals surface area contributed by atoms with Gasteiger partial charge in [-0.3, -0.25) is 4.79 Å². The van der Waals surface area contributed by atoms with Crippen LogP contribution in [0.3, 0.4) is 0 Å². The van der Waals surface area contributed by atoms with Crippen LogP contribution in [-0.4, -0.2) is 44.1 Å². The van der Waals surface area contributed by atoms with Gasteiger partial charge < -0.3 is 4.90 Å². The average Bonchev–Trinajstić information content (AvgIpc) is 2.71. The molecule has 0 radical (unpaired) electrons. The van der Waals surface area contributed by atoms with Gasteiger partial charge in [-0.1, -0.05) is 30.3 Å². The largest absolute Gasteiger partial charge is 0.338 e. The zero-order chi connectivity index (χ0) is 14.8. The van der Waals surface area contributed by atoms with E-state index in [1.807, 2.05) is 30.3 Å². The first-order valence-electron chi connectivity index (χ1n) is 6.65. The van der Waals surface area contributed by atoms with Crippen LogP contribution in [0.2, 0.25) is 0 Å². The van der Waals surface area contributed by atoms with Crippen molar-refractivity contribution in [1.82, 2.24) is 9.62 Å². The minimum atomic E-state index is -3.27. The van der Waals surface area contributed by atoms with Crippen molar-refractivity contribution in [3.63, 3.8) is 0 Å². The Kier molecular flexibility index (Phi) is 4.45. The van der Waals surface area contributed by atoms with Crippen LogP contribution in [0.1, 0.15) is 18.9 Å². The molecule has 1 aliphatic rings. The van der Waals surface area contributed by atoms with Gasteiger partial charge in [-0.25, -0.2) is 13.1 Å². The molecule has 1 heterocycles. The number of sulfonamides is 1. The Labute approximate surface area is 120 Å². The van der Waals surface area contributed by atoms with E-state index in [0.717, 1.165) is 11.8 Å². The van der Waals surface area contributed by atoms with Crippen molar-refractivity contribution in [3.05, 3.63) is 35.9 Å². The van der Waals surface area contributed by atoms with Crippen LogP contribution in [-0.2, 0) is 21.2 Å². The number of rotatable bonds is 4. The number of benzene rings is 1. The number of amides is 1. The second kappa shape index (κ2) is 5.93. The van der Waals surface area contributed by atoms with Crippen molar-refractivity contribution < 1.29 is 13.2 Å². The van der Waals surface area contributed by atoms with Crippen molar-refractivity contribution in [2.75, 3.05) is 12.8 Å². The average molecular weight is 296 g/mol. The highest BCUT2D eigenvalue weighted by molar-refractivity contribution is 7.88. The lowest BCUT2D eigenvalue weighted by Crippen LogP contribution is -2.47. The molecule has 0 bridgehead atoms. The maximum atomic E-state index is 11.7. The van der Waals surface area contributed by atoms with Crippen LogP contribution in [0, 0.1) is 0 Å². The second-order valence-corrected chi connectivity index (χ2v) is 7.03. The molecule has 2 atom stereocenters. The topological polar surface area (TPSA) is 66.5 Å². The van der Waals surface area contributed by atoms with Crippen LogP contribution >= 0.6 is 0 Å². The fourth-order valence-corrected chi connectivity index (χ4v) is 3.59. The fourth-order valence-electron chi connectivity index (χ4n) is 2.77. The second-order valence-electron chi connectivity index (χ2n) is 5.25. The molecule has 2 rings (SSSR count). The predicted molar refractivity (Wildman–Crippen MR) is 77.7 cm³/mol. The van der Waals surface area contributed by atoms with E-state index in [9.17, 15) is 13.2 Å². The molecule has 1 aromatic carbocycles. The molecular weight excluding hydrogens is 276 g/mol. The minimum absolute atomic E-state index is 0.0104. The minimum Gasteiger partial charge on any atom is -0.338 e. The van der Waals surface area contributed by atoms with Gasteiger partial charge in [0, 0.05) is 19.5 Å². The van der Waals surface area contributed by atoms with Gasteiger partial charge in [0.2, 0.25) is 15.9 Å². The molecule has 1 aromatic rings. The number of nitrogens with one attached hydrogen (secondary N) is 1. The van der Waals surface area contributed by atoms with Crippen molar-refractivity contribution in [1.29, 1.82) is 0 Å². The molecule has 1 fully saturated rings. The highest BCUT2D eigenvalue weighted by Gasteiger charge is 2.36. The molecule has 0 aliphatic carbocycles. The van der Waals surface area contributed by atoms with Gasteiger partial charge in [-0.15, -0.1) is 0 Å². The lowest BCUT2D eigenvalue weighted by molar-refractivity contribution is -0.129. The van der Waals surface area contributed by atoms with Gasteiger partial charge >= 0.3 is 0 Å². The molecule has 0 aromatic heterocycles. The Morgan fingerprint density at radius 2 is 2.00 bits per heavy atom. The zero-order valence-electron chi connectivity index (χ0n) is 11.7. The van der Waals surface area contributed by atoms with Gasteiger partial charge in [-0.05, 0) is 18.4 Å². The van der Waals surface area contributed by atoms with Crippen molar-refractivity contribution >= 4 is 15.9 Å². The standard InChI is InChI=1S/C14H20N2O3S/c1-11(17)16-9-8-13(15-20(2,18)19)14(16)10-12-6-4-3-5-7-12/h3-7,13-15H,8-10H2,1-2H3/t13-,14+/m1/s1. The van der Waals surface area contributed by atoms with Crippen LogP contribution in [0.5, 0.6) is 0 Å². The summed E-state index contributed by atoms with van der Waals surface area (Å²) in [7, 11) is -3.27. The van der Waals surface area contributed by atoms with E-state index in [-0.39, 0.29) is 18.0 Å². The highest BCUT2D eigenvalue weighted by Crippen LogP contribution is 2.22. The Balaban J connectivity index is 2.19. The maximum Gasteiger partial charge on any atom is 0.219 e. The molecule has 1 amide bonds. The summed E-state index contributed by atoms with van der Waals surface area (Å²) in [6.07, 6.45) is 2.47. The lowest BCUT2D eigenvalue weighted by atomic mass is 10.0. The summed E-state index contributed by atoms with van der Waals surface area (Å²) >= 11 is 0. The van der Waals surface area contributed by atoms with Gasteiger partial charge in [0.1, 0.15) is 0 Å². The number of hydrogen-bond donors (Lipinski definition) is 1. The Morgan fingerprint density at radius 1 is 1.35 bits per heavy atom. The molecule has 0 saturated carbocycles. The molecule has 1 N–H and O–H groups in total. The van der Waals surface area contributed by atoms with Crippen molar-refractivity contribution in [3.8, 4) is 0 Å². The van der Waals surface area contributed by atoms with E-state index in [1.54, 1.807) is 4.90 Å². The summed E-state index contributed by atoms with van der Waals surface area (Å²) in [6, 6.07) is 9.48. The molecule has 6 heteroatoms. The third-order valence-electron chi connectivity index (χ3n) is 3.60. The van der Waals surface area contributed by atoms with Gasteiger partial charge in [0.25, 0.3) is 0 Å². The third kappa shape index (κ3) is 3.80. The number of carbonyl (C=O) groups is 1. The quantitative estimate of drug-likeness (QED) is 0.892. The summed E-state index contributed by atoms with van der Waals surface area (Å²) < 4.78 is 25.5. The fraction of sp³-hybridized carbons (Fsp3) is 0.500. The molecule has 20 heavy (non-hydrogen) atoms. The highest BCUT2D eigenvalue weighted by atomic mass is 32.2. The smallest absolute Gasteiger partial charge is 0.219 e. The van der Waals surface area contributed by atoms with E-state index < -0.39 is 10.0 Å². The monoisotopic (exact) mass is 296 g/mol. The normalized spacial score (nSPS) is 23.0. The van der Waals surface area contributed by atoms with E-state index in [0.29, 0.717) is 19.4 Å². The van der Waals surface area contributed by atoms with E-state index in [2.05, 4.69) is 4.72 Å². The zero-order valence-corrected chi connectivity index (χ0v) is 12.6. The van der Waals surface area contributed by atoms with E-state index in [1.165, 1.54) is 6.92 Å². The van der Waals surface area contributed by atoms with Crippen LogP contribution < -0.4 is 4.72 Å². The molecular formula is C14H20N2O3S. The van der Waals surface area contributed by atoms with Crippen LogP contribution in [0.4, 0.5) is 0 Å². The van der Waals surface area contributed by atoms with E-state index >= 15 is 0 Å². The summed E-state index contributed by atoms with van der Waals surface area (Å²) in [4.78, 5) is 13.5. The van der Waals surface area contributed by atoms with Crippen LogP contribution in [0.15, 0.2) is 30.3 Å². The predicted octanol–water partition coefficient (Wildman–Crippen LogP) is 0.768. The van der Waals surface area contributed by atoms with Gasteiger partial charge in [-0.2, -0.15) is 0 Å². The first-order chi connectivity index (χ1) is 9.37. The third-order valence-corrected chi connectivity index (χ3v) is 4.33. The van der Waals surface area contributed by atoms with Gasteiger partial charge in [0.15, 0.2) is 0 Å². The number of likely N-dealkylation sites (tertiary alicyclic amines) is 1. The van der Waals surface area contributed by atoms with Gasteiger partial charge in [0.05, 0.1) is 12.3 Å². The number of hydrogen-bond acceptors (Lipinski definition) is 3. The molecule has 0 unspecified atom stereocenters. The number of carbonyl (C=O) groups excluding carboxylic acids is 1. The van der Waals surface area contributed by atoms with Crippen molar-refractivity contribution in [2.45, 2.75) is 31.8 Å². The Bertz CT molecular complexity index is 571. The summed E-state index contributed by atoms with van der Waals surface area (Å²) in [5.74, 6) is -0.0104. The Hall–Kier alpha value is -1.40. The SMILES string of the molecule is CC(=O)N1CC[C@@H](NS(C)(=O)=O)[C@@H]1Cc1ccccc1. The van der Waals surface area contributed by atoms with Crippen LogP contribution in [0.25, 0.3) is 0 Å². The molecule has 110 valence electrons. The molecule has 0 spiro atoms. The summed E-state index contributed by atoms with van der Waals surface area (Å²) in [6.45, 7) is 2.13. The summed E-state index contributed by atoms with van der Waals surface area (Å²) in [5, 5.41) is 0. The molecule has 5 nitrogen and oxygen atoms in total. The molecule has 1 saturated heterocycles. The van der Waals surface area contributed by atoms with Crippen molar-refractivity contribution in [2.24, 2.45) is 0 Å². The lowest BCUT2D eigenvalue weighted by Gasteiger charge is -2.27. The Morgan fingerprint density at radius 3 is 2.55 bits per heavy atom. The number of nitrogens with zero attached hydrogens (tertiary/aromatic N) is 1. The maximum absolute atomic E-state index is 11.7. The van der Waals surface area contributed by atoms with E-state index in [4.69, 9.17) is 0 Å².